The molecule has 0 aliphatic rings. The van der Waals surface area contributed by atoms with Gasteiger partial charge in [0.15, 0.2) is 0 Å². The van der Waals surface area contributed by atoms with Gasteiger partial charge >= 0.3 is 0 Å². The largest absolute Gasteiger partial charge is 0.492 e. The first-order valence-electron chi connectivity index (χ1n) is 6.33. The molecule has 1 rings (SSSR count). The van der Waals surface area contributed by atoms with Gasteiger partial charge < -0.3 is 15.2 Å². The van der Waals surface area contributed by atoms with Crippen molar-refractivity contribution in [2.75, 3.05) is 20.3 Å². The maximum absolute atomic E-state index is 5.87. The van der Waals surface area contributed by atoms with E-state index in [9.17, 15) is 0 Å². The summed E-state index contributed by atoms with van der Waals surface area (Å²) in [6.07, 6.45) is 0. The lowest BCUT2D eigenvalue weighted by Gasteiger charge is -2.24. The Morgan fingerprint density at radius 3 is 2.44 bits per heavy atom. The lowest BCUT2D eigenvalue weighted by Crippen LogP contribution is -2.32. The summed E-state index contributed by atoms with van der Waals surface area (Å²) >= 11 is 0. The number of aryl methyl sites for hydroxylation is 1. The van der Waals surface area contributed by atoms with Crippen LogP contribution in [0.25, 0.3) is 0 Å². The summed E-state index contributed by atoms with van der Waals surface area (Å²) in [5.74, 6) is 0.916. The summed E-state index contributed by atoms with van der Waals surface area (Å²) in [5, 5.41) is 0. The number of hydrogen-bond acceptors (Lipinski definition) is 3. The van der Waals surface area contributed by atoms with Crippen LogP contribution in [0.3, 0.4) is 0 Å². The molecule has 0 bridgehead atoms. The summed E-state index contributed by atoms with van der Waals surface area (Å²) in [7, 11) is 1.65. The molecular weight excluding hydrogens is 226 g/mol. The highest BCUT2D eigenvalue weighted by Gasteiger charge is 2.19. The van der Waals surface area contributed by atoms with E-state index < -0.39 is 0 Å². The highest BCUT2D eigenvalue weighted by Crippen LogP contribution is 2.32. The van der Waals surface area contributed by atoms with Crippen molar-refractivity contribution in [3.8, 4) is 5.75 Å². The zero-order valence-electron chi connectivity index (χ0n) is 12.1. The molecule has 0 fully saturated rings. The van der Waals surface area contributed by atoms with Crippen LogP contribution in [-0.2, 0) is 10.2 Å². The third-order valence-corrected chi connectivity index (χ3v) is 2.78. The Bertz CT molecular complexity index is 383. The Morgan fingerprint density at radius 2 is 1.89 bits per heavy atom. The minimum Gasteiger partial charge on any atom is -0.492 e. The Hall–Kier alpha value is -1.06. The molecule has 2 N–H and O–H groups in total. The van der Waals surface area contributed by atoms with Gasteiger partial charge in [0.2, 0.25) is 0 Å². The van der Waals surface area contributed by atoms with Gasteiger partial charge in [-0.2, -0.15) is 0 Å². The van der Waals surface area contributed by atoms with Gasteiger partial charge in [0.1, 0.15) is 12.4 Å². The van der Waals surface area contributed by atoms with Gasteiger partial charge in [-0.15, -0.1) is 0 Å². The molecule has 1 aromatic carbocycles. The molecule has 1 atom stereocenters. The maximum Gasteiger partial charge on any atom is 0.123 e. The van der Waals surface area contributed by atoms with Crippen LogP contribution in [0.5, 0.6) is 5.75 Å². The maximum atomic E-state index is 5.87. The summed E-state index contributed by atoms with van der Waals surface area (Å²) in [4.78, 5) is 0. The first-order chi connectivity index (χ1) is 8.34. The first-order valence-corrected chi connectivity index (χ1v) is 6.33. The molecule has 0 aromatic heterocycles. The van der Waals surface area contributed by atoms with Crippen molar-refractivity contribution in [3.63, 3.8) is 0 Å². The van der Waals surface area contributed by atoms with E-state index in [0.717, 1.165) is 5.75 Å². The molecule has 0 spiro atoms. The standard InChI is InChI=1S/C15H25NO2/c1-11-6-7-14(13(8-11)15(2,3)4)18-10-12(16)9-17-5/h6-8,12H,9-10,16H2,1-5H3. The van der Waals surface area contributed by atoms with Gasteiger partial charge in [-0.3, -0.25) is 0 Å². The molecule has 1 unspecified atom stereocenters. The van der Waals surface area contributed by atoms with Crippen molar-refractivity contribution in [2.24, 2.45) is 5.73 Å². The second-order valence-corrected chi connectivity index (χ2v) is 5.78. The molecule has 0 heterocycles. The smallest absolute Gasteiger partial charge is 0.123 e. The quantitative estimate of drug-likeness (QED) is 0.875. The average molecular weight is 251 g/mol. The van der Waals surface area contributed by atoms with Crippen LogP contribution in [0.1, 0.15) is 31.9 Å². The van der Waals surface area contributed by atoms with Gasteiger partial charge in [0.05, 0.1) is 12.6 Å². The van der Waals surface area contributed by atoms with Gasteiger partial charge in [0.25, 0.3) is 0 Å². The Morgan fingerprint density at radius 1 is 1.22 bits per heavy atom. The summed E-state index contributed by atoms with van der Waals surface area (Å²) < 4.78 is 10.8. The normalized spacial score (nSPS) is 13.4. The monoisotopic (exact) mass is 251 g/mol. The van der Waals surface area contributed by atoms with Crippen LogP contribution in [0, 0.1) is 6.92 Å². The van der Waals surface area contributed by atoms with Crippen LogP contribution in [0.15, 0.2) is 18.2 Å². The highest BCUT2D eigenvalue weighted by molar-refractivity contribution is 5.41. The molecule has 0 aliphatic heterocycles. The van der Waals surface area contributed by atoms with Crippen LogP contribution in [-0.4, -0.2) is 26.4 Å². The molecule has 1 aromatic rings. The van der Waals surface area contributed by atoms with Crippen molar-refractivity contribution in [3.05, 3.63) is 29.3 Å². The molecule has 18 heavy (non-hydrogen) atoms. The van der Waals surface area contributed by atoms with Crippen molar-refractivity contribution in [1.82, 2.24) is 0 Å². The molecule has 102 valence electrons. The number of methoxy groups -OCH3 is 1. The van der Waals surface area contributed by atoms with Gasteiger partial charge in [-0.25, -0.2) is 0 Å². The van der Waals surface area contributed by atoms with Crippen LogP contribution in [0.4, 0.5) is 0 Å². The lowest BCUT2D eigenvalue weighted by atomic mass is 9.85. The minimum absolute atomic E-state index is 0.0622. The van der Waals surface area contributed by atoms with E-state index in [4.69, 9.17) is 15.2 Å². The molecular formula is C15H25NO2. The van der Waals surface area contributed by atoms with Crippen LogP contribution >= 0.6 is 0 Å². The summed E-state index contributed by atoms with van der Waals surface area (Å²) in [5.41, 5.74) is 8.39. The fourth-order valence-electron chi connectivity index (χ4n) is 1.81. The van der Waals surface area contributed by atoms with E-state index in [0.29, 0.717) is 13.2 Å². The van der Waals surface area contributed by atoms with Gasteiger partial charge in [-0.05, 0) is 24.0 Å². The van der Waals surface area contributed by atoms with Crippen molar-refractivity contribution < 1.29 is 9.47 Å². The van der Waals surface area contributed by atoms with E-state index in [1.54, 1.807) is 7.11 Å². The Kier molecular flexibility index (Phi) is 5.17. The summed E-state index contributed by atoms with van der Waals surface area (Å²) in [6.45, 7) is 9.63. The van der Waals surface area contributed by atoms with E-state index in [2.05, 4.69) is 39.8 Å². The minimum atomic E-state index is -0.0934. The number of hydrogen-bond donors (Lipinski definition) is 1. The molecule has 0 saturated heterocycles. The van der Waals surface area contributed by atoms with E-state index >= 15 is 0 Å². The predicted molar refractivity (Wildman–Crippen MR) is 75.2 cm³/mol. The number of ether oxygens (including phenoxy) is 2. The Balaban J connectivity index is 2.82. The topological polar surface area (TPSA) is 44.5 Å². The van der Waals surface area contributed by atoms with Crippen LogP contribution < -0.4 is 10.5 Å². The zero-order valence-corrected chi connectivity index (χ0v) is 12.1. The number of benzene rings is 1. The van der Waals surface area contributed by atoms with E-state index in [1.165, 1.54) is 11.1 Å². The SMILES string of the molecule is COCC(N)COc1ccc(C)cc1C(C)(C)C. The lowest BCUT2D eigenvalue weighted by molar-refractivity contribution is 0.152. The fraction of sp³-hybridized carbons (Fsp3) is 0.600. The van der Waals surface area contributed by atoms with Crippen LogP contribution in [0.2, 0.25) is 0 Å². The molecule has 3 heteroatoms. The van der Waals surface area contributed by atoms with E-state index in [1.807, 2.05) is 6.07 Å². The zero-order chi connectivity index (χ0) is 13.8. The fourth-order valence-corrected chi connectivity index (χ4v) is 1.81. The summed E-state index contributed by atoms with van der Waals surface area (Å²) in [6, 6.07) is 6.17. The first kappa shape index (κ1) is 15.0. The second-order valence-electron chi connectivity index (χ2n) is 5.78. The average Bonchev–Trinajstić information content (AvgIpc) is 2.26. The predicted octanol–water partition coefficient (Wildman–Crippen LogP) is 2.65. The highest BCUT2D eigenvalue weighted by atomic mass is 16.5. The third kappa shape index (κ3) is 4.31. The van der Waals surface area contributed by atoms with Crippen molar-refractivity contribution in [1.29, 1.82) is 0 Å². The molecule has 3 nitrogen and oxygen atoms in total. The molecule has 0 radical (unpaired) electrons. The van der Waals surface area contributed by atoms with Crippen molar-refractivity contribution in [2.45, 2.75) is 39.2 Å². The number of rotatable bonds is 5. The van der Waals surface area contributed by atoms with Gasteiger partial charge in [-0.1, -0.05) is 38.5 Å². The molecule has 0 amide bonds. The van der Waals surface area contributed by atoms with Crippen molar-refractivity contribution >= 4 is 0 Å². The second kappa shape index (κ2) is 6.21. The van der Waals surface area contributed by atoms with Gasteiger partial charge in [0, 0.05) is 7.11 Å². The Labute approximate surface area is 110 Å². The van der Waals surface area contributed by atoms with E-state index in [-0.39, 0.29) is 11.5 Å². The number of nitrogens with two attached hydrogens (primary N) is 1. The molecule has 0 aliphatic carbocycles. The third-order valence-electron chi connectivity index (χ3n) is 2.78. The molecule has 0 saturated carbocycles.